The van der Waals surface area contributed by atoms with Crippen molar-refractivity contribution in [3.63, 3.8) is 0 Å². The number of hydrogen-bond donors (Lipinski definition) is 0. The van der Waals surface area contributed by atoms with E-state index in [2.05, 4.69) is 0 Å². The van der Waals surface area contributed by atoms with Crippen LogP contribution in [0.4, 0.5) is 4.79 Å². The van der Waals surface area contributed by atoms with E-state index in [-0.39, 0.29) is 17.6 Å². The largest absolute Gasteiger partial charge is 0.308 e. The molecule has 78 valence electrons. The quantitative estimate of drug-likeness (QED) is 0.569. The van der Waals surface area contributed by atoms with Crippen molar-refractivity contribution in [2.24, 2.45) is 11.8 Å². The van der Waals surface area contributed by atoms with Crippen molar-refractivity contribution < 1.29 is 19.2 Å². The van der Waals surface area contributed by atoms with Crippen LogP contribution in [0.5, 0.6) is 0 Å². The number of imide groups is 2. The average molecular weight is 226 g/mol. The Morgan fingerprint density at radius 2 is 1.60 bits per heavy atom. The lowest BCUT2D eigenvalue weighted by atomic mass is 10.4. The van der Waals surface area contributed by atoms with E-state index in [9.17, 15) is 19.2 Å². The number of amides is 4. The second-order valence-electron chi connectivity index (χ2n) is 3.70. The van der Waals surface area contributed by atoms with Gasteiger partial charge in [-0.05, 0) is 6.42 Å². The third kappa shape index (κ3) is 1.01. The van der Waals surface area contributed by atoms with E-state index >= 15 is 0 Å². The number of piperidine rings is 1. The molecule has 1 aliphatic carbocycles. The lowest BCUT2D eigenvalue weighted by molar-refractivity contribution is -0.162. The molecule has 0 aromatic heterocycles. The molecule has 3 fully saturated rings. The highest BCUT2D eigenvalue weighted by molar-refractivity contribution is 8.14. The van der Waals surface area contributed by atoms with Gasteiger partial charge in [-0.3, -0.25) is 19.2 Å². The highest BCUT2D eigenvalue weighted by atomic mass is 32.2. The number of carbonyl (C=O) groups is 4. The van der Waals surface area contributed by atoms with E-state index in [1.807, 2.05) is 0 Å². The van der Waals surface area contributed by atoms with Crippen LogP contribution in [-0.4, -0.2) is 38.7 Å². The number of carbonyl (C=O) groups excluding carboxylic acids is 4. The van der Waals surface area contributed by atoms with Crippen LogP contribution in [0, 0.1) is 11.8 Å². The van der Waals surface area contributed by atoms with E-state index in [4.69, 9.17) is 0 Å². The zero-order valence-electron chi connectivity index (χ0n) is 7.50. The third-order valence-corrected chi connectivity index (χ3v) is 3.58. The molecule has 0 spiro atoms. The first-order chi connectivity index (χ1) is 7.11. The molecule has 6 nitrogen and oxygen atoms in total. The van der Waals surface area contributed by atoms with Gasteiger partial charge in [0.1, 0.15) is 0 Å². The maximum atomic E-state index is 11.6. The van der Waals surface area contributed by atoms with Gasteiger partial charge in [0.05, 0.1) is 17.6 Å². The summed E-state index contributed by atoms with van der Waals surface area (Å²) in [7, 11) is 0. The second-order valence-corrected chi connectivity index (χ2v) is 4.62. The topological polar surface area (TPSA) is 74.8 Å². The molecule has 2 atom stereocenters. The molecular formula is C8H6N2O4S. The minimum absolute atomic E-state index is 0.00519. The van der Waals surface area contributed by atoms with Crippen molar-refractivity contribution in [2.75, 3.05) is 5.75 Å². The molecule has 2 heterocycles. The van der Waals surface area contributed by atoms with Crippen LogP contribution in [0.25, 0.3) is 0 Å². The summed E-state index contributed by atoms with van der Waals surface area (Å²) in [5.74, 6) is -1.88. The van der Waals surface area contributed by atoms with Crippen LogP contribution in [0.1, 0.15) is 6.42 Å². The average Bonchev–Trinajstić information content (AvgIpc) is 2.88. The summed E-state index contributed by atoms with van der Waals surface area (Å²) >= 11 is 0.812. The van der Waals surface area contributed by atoms with Crippen molar-refractivity contribution in [2.45, 2.75) is 6.42 Å². The Labute approximate surface area is 88.5 Å². The Hall–Kier alpha value is -1.37. The number of hydrazine groups is 1. The highest BCUT2D eigenvalue weighted by Crippen LogP contribution is 2.48. The molecular weight excluding hydrogens is 220 g/mol. The minimum Gasteiger partial charge on any atom is -0.272 e. The van der Waals surface area contributed by atoms with E-state index in [1.165, 1.54) is 0 Å². The summed E-state index contributed by atoms with van der Waals surface area (Å²) in [6.07, 6.45) is 0.567. The van der Waals surface area contributed by atoms with Crippen LogP contribution in [0.2, 0.25) is 0 Å². The molecule has 3 rings (SSSR count). The first-order valence-corrected chi connectivity index (χ1v) is 5.47. The zero-order chi connectivity index (χ0) is 10.7. The van der Waals surface area contributed by atoms with Crippen molar-refractivity contribution in [1.82, 2.24) is 10.0 Å². The minimum atomic E-state index is -0.539. The molecule has 0 aromatic carbocycles. The van der Waals surface area contributed by atoms with Gasteiger partial charge in [-0.1, -0.05) is 11.8 Å². The molecule has 0 radical (unpaired) electrons. The maximum absolute atomic E-state index is 11.6. The molecule has 2 saturated heterocycles. The van der Waals surface area contributed by atoms with Gasteiger partial charge in [0.2, 0.25) is 0 Å². The van der Waals surface area contributed by atoms with E-state index < -0.39 is 23.0 Å². The monoisotopic (exact) mass is 226 g/mol. The lowest BCUT2D eigenvalue weighted by Crippen LogP contribution is -2.50. The summed E-state index contributed by atoms with van der Waals surface area (Å²) in [5.41, 5.74) is 0. The van der Waals surface area contributed by atoms with E-state index in [0.29, 0.717) is 11.4 Å². The summed E-state index contributed by atoms with van der Waals surface area (Å²) in [4.78, 5) is 45.8. The lowest BCUT2D eigenvalue weighted by Gasteiger charge is -2.23. The standard InChI is InChI=1S/C8H6N2O4S/c11-5-2-15-8(14)9(5)10-6(12)3-1-4(3)7(10)13/h3-4H,1-2H2/t3-,4+. The summed E-state index contributed by atoms with van der Waals surface area (Å²) < 4.78 is 0. The predicted molar refractivity (Wildman–Crippen MR) is 48.2 cm³/mol. The van der Waals surface area contributed by atoms with Gasteiger partial charge in [-0.25, -0.2) is 0 Å². The number of fused-ring (bicyclic) bond motifs is 1. The van der Waals surface area contributed by atoms with Crippen molar-refractivity contribution in [3.8, 4) is 0 Å². The first-order valence-electron chi connectivity index (χ1n) is 4.48. The van der Waals surface area contributed by atoms with Crippen LogP contribution in [-0.2, 0) is 14.4 Å². The van der Waals surface area contributed by atoms with Gasteiger partial charge in [-0.2, -0.15) is 10.0 Å². The fourth-order valence-electron chi connectivity index (χ4n) is 1.90. The van der Waals surface area contributed by atoms with Gasteiger partial charge in [-0.15, -0.1) is 0 Å². The van der Waals surface area contributed by atoms with Gasteiger partial charge >= 0.3 is 5.24 Å². The van der Waals surface area contributed by atoms with Crippen LogP contribution in [0.3, 0.4) is 0 Å². The van der Waals surface area contributed by atoms with Gasteiger partial charge in [0.25, 0.3) is 17.7 Å². The third-order valence-electron chi connectivity index (χ3n) is 2.77. The van der Waals surface area contributed by atoms with E-state index in [1.54, 1.807) is 0 Å². The molecule has 7 heteroatoms. The van der Waals surface area contributed by atoms with Crippen LogP contribution in [0.15, 0.2) is 0 Å². The molecule has 0 bridgehead atoms. The molecule has 0 unspecified atom stereocenters. The summed E-state index contributed by atoms with van der Waals surface area (Å²) in [6.45, 7) is 0. The van der Waals surface area contributed by atoms with Crippen molar-refractivity contribution in [3.05, 3.63) is 0 Å². The predicted octanol–water partition coefficient (Wildman–Crippen LogP) is -0.398. The first kappa shape index (κ1) is 8.90. The molecule has 15 heavy (non-hydrogen) atoms. The fraction of sp³-hybridized carbons (Fsp3) is 0.500. The SMILES string of the molecule is O=C1CSC(=O)N1N1C(=O)[C@H]2C[C@H]2C1=O. The van der Waals surface area contributed by atoms with Crippen LogP contribution < -0.4 is 0 Å². The zero-order valence-corrected chi connectivity index (χ0v) is 8.32. The Morgan fingerprint density at radius 3 is 2.07 bits per heavy atom. The van der Waals surface area contributed by atoms with Crippen molar-refractivity contribution in [1.29, 1.82) is 0 Å². The molecule has 3 aliphatic rings. The van der Waals surface area contributed by atoms with Gasteiger partial charge in [0, 0.05) is 0 Å². The normalized spacial score (nSPS) is 34.1. The molecule has 4 amide bonds. The number of nitrogens with zero attached hydrogens (tertiary/aromatic N) is 2. The van der Waals surface area contributed by atoms with Gasteiger partial charge < -0.3 is 0 Å². The maximum Gasteiger partial charge on any atom is 0.308 e. The highest BCUT2D eigenvalue weighted by Gasteiger charge is 2.62. The van der Waals surface area contributed by atoms with E-state index in [0.717, 1.165) is 16.8 Å². The number of hydrogen-bond acceptors (Lipinski definition) is 5. The number of thioether (sulfide) groups is 1. The van der Waals surface area contributed by atoms with Gasteiger partial charge in [0.15, 0.2) is 0 Å². The van der Waals surface area contributed by atoms with Crippen LogP contribution >= 0.6 is 11.8 Å². The Kier molecular flexibility index (Phi) is 1.54. The second kappa shape index (κ2) is 2.60. The smallest absolute Gasteiger partial charge is 0.272 e. The molecule has 2 aliphatic heterocycles. The molecule has 0 aromatic rings. The summed E-state index contributed by atoms with van der Waals surface area (Å²) in [6, 6.07) is 0. The van der Waals surface area contributed by atoms with Crippen molar-refractivity contribution >= 4 is 34.7 Å². The Bertz CT molecular complexity index is 385. The summed E-state index contributed by atoms with van der Waals surface area (Å²) in [5, 5.41) is 0.869. The molecule has 1 saturated carbocycles. The molecule has 0 N–H and O–H groups in total. The fourth-order valence-corrected chi connectivity index (χ4v) is 2.58. The Balaban J connectivity index is 1.94. The Morgan fingerprint density at radius 1 is 1.00 bits per heavy atom. The number of rotatable bonds is 1.